The van der Waals surface area contributed by atoms with Crippen LogP contribution >= 0.6 is 11.3 Å². The van der Waals surface area contributed by atoms with Gasteiger partial charge in [-0.15, -0.1) is 11.3 Å². The van der Waals surface area contributed by atoms with Crippen LogP contribution in [-0.2, 0) is 10.0 Å². The lowest BCUT2D eigenvalue weighted by Gasteiger charge is -2.34. The minimum absolute atomic E-state index is 0.183. The van der Waals surface area contributed by atoms with Crippen LogP contribution in [0.3, 0.4) is 0 Å². The number of amides is 1. The van der Waals surface area contributed by atoms with E-state index in [0.717, 1.165) is 0 Å². The van der Waals surface area contributed by atoms with E-state index in [-0.39, 0.29) is 42.8 Å². The number of rotatable bonds is 7. The van der Waals surface area contributed by atoms with Gasteiger partial charge in [-0.05, 0) is 48.7 Å². The van der Waals surface area contributed by atoms with Crippen LogP contribution in [0.1, 0.15) is 32.5 Å². The maximum Gasteiger partial charge on any atom is 0.254 e. The van der Waals surface area contributed by atoms with Crippen molar-refractivity contribution in [2.45, 2.75) is 11.8 Å². The molecule has 0 atom stereocenters. The molecule has 1 aliphatic heterocycles. The van der Waals surface area contributed by atoms with E-state index in [1.54, 1.807) is 53.4 Å². The van der Waals surface area contributed by atoms with Gasteiger partial charge in [0.1, 0.15) is 5.75 Å². The van der Waals surface area contributed by atoms with Crippen molar-refractivity contribution in [2.75, 3.05) is 32.8 Å². The molecule has 7 nitrogen and oxygen atoms in total. The van der Waals surface area contributed by atoms with Crippen LogP contribution in [0, 0.1) is 0 Å². The molecule has 2 heterocycles. The van der Waals surface area contributed by atoms with E-state index < -0.39 is 10.0 Å². The van der Waals surface area contributed by atoms with Gasteiger partial charge in [-0.1, -0.05) is 24.3 Å². The first kappa shape index (κ1) is 23.2. The lowest BCUT2D eigenvalue weighted by atomic mass is 10.0. The maximum atomic E-state index is 13.2. The fourth-order valence-corrected chi connectivity index (χ4v) is 5.83. The SMILES string of the molecule is CCOc1ccc(S(=O)(=O)N2CCN(C(=O)c3ccccc3C(=O)c3cccs3)CC2)cc1. The van der Waals surface area contributed by atoms with Gasteiger partial charge >= 0.3 is 0 Å². The number of carbonyl (C=O) groups is 2. The Morgan fingerprint density at radius 3 is 2.18 bits per heavy atom. The Kier molecular flexibility index (Phi) is 6.92. The highest BCUT2D eigenvalue weighted by Gasteiger charge is 2.31. The Morgan fingerprint density at radius 1 is 0.909 bits per heavy atom. The van der Waals surface area contributed by atoms with Gasteiger partial charge in [-0.25, -0.2) is 8.42 Å². The van der Waals surface area contributed by atoms with Crippen molar-refractivity contribution >= 4 is 33.1 Å². The molecule has 0 bridgehead atoms. The van der Waals surface area contributed by atoms with Crippen LogP contribution in [0.15, 0.2) is 70.9 Å². The number of hydrogen-bond acceptors (Lipinski definition) is 6. The number of nitrogens with zero attached hydrogens (tertiary/aromatic N) is 2. The lowest BCUT2D eigenvalue weighted by molar-refractivity contribution is 0.0694. The molecule has 3 aromatic rings. The molecule has 0 unspecified atom stereocenters. The number of hydrogen-bond donors (Lipinski definition) is 0. The van der Waals surface area contributed by atoms with Crippen molar-refractivity contribution in [3.63, 3.8) is 0 Å². The van der Waals surface area contributed by atoms with Crippen molar-refractivity contribution in [1.29, 1.82) is 0 Å². The molecule has 0 radical (unpaired) electrons. The van der Waals surface area contributed by atoms with Crippen molar-refractivity contribution in [3.8, 4) is 5.75 Å². The molecule has 0 aliphatic carbocycles. The number of thiophene rings is 1. The standard InChI is InChI=1S/C24H24N2O5S2/c1-2-31-18-9-11-19(12-10-18)33(29,30)26-15-13-25(14-16-26)24(28)21-7-4-3-6-20(21)23(27)22-8-5-17-32-22/h3-12,17H,2,13-16H2,1H3. The highest BCUT2D eigenvalue weighted by molar-refractivity contribution is 7.89. The van der Waals surface area contributed by atoms with Gasteiger partial charge in [0.25, 0.3) is 5.91 Å². The highest BCUT2D eigenvalue weighted by atomic mass is 32.2. The first-order valence-corrected chi connectivity index (χ1v) is 12.9. The molecule has 4 rings (SSSR count). The summed E-state index contributed by atoms with van der Waals surface area (Å²) in [6, 6.07) is 16.6. The van der Waals surface area contributed by atoms with Gasteiger partial charge in [0.2, 0.25) is 15.8 Å². The summed E-state index contributed by atoms with van der Waals surface area (Å²) in [4.78, 5) is 28.4. The van der Waals surface area contributed by atoms with Crippen LogP contribution in [0.4, 0.5) is 0 Å². The Labute approximate surface area is 197 Å². The number of sulfonamides is 1. The molecule has 0 spiro atoms. The topological polar surface area (TPSA) is 84.0 Å². The van der Waals surface area contributed by atoms with E-state index in [1.807, 2.05) is 12.3 Å². The third kappa shape index (κ3) is 4.85. The quantitative estimate of drug-likeness (QED) is 0.479. The van der Waals surface area contributed by atoms with Crippen molar-refractivity contribution in [2.24, 2.45) is 0 Å². The average molecular weight is 485 g/mol. The zero-order valence-electron chi connectivity index (χ0n) is 18.1. The van der Waals surface area contributed by atoms with Crippen LogP contribution in [0.25, 0.3) is 0 Å². The van der Waals surface area contributed by atoms with Crippen LogP contribution in [0.5, 0.6) is 5.75 Å². The summed E-state index contributed by atoms with van der Waals surface area (Å²) >= 11 is 1.33. The summed E-state index contributed by atoms with van der Waals surface area (Å²) in [6.07, 6.45) is 0. The van der Waals surface area contributed by atoms with E-state index in [2.05, 4.69) is 0 Å². The van der Waals surface area contributed by atoms with E-state index in [9.17, 15) is 18.0 Å². The largest absolute Gasteiger partial charge is 0.494 e. The second kappa shape index (κ2) is 9.86. The molecule has 2 aromatic carbocycles. The van der Waals surface area contributed by atoms with Gasteiger partial charge in [0.05, 0.1) is 21.9 Å². The first-order valence-electron chi connectivity index (χ1n) is 10.6. The molecule has 1 saturated heterocycles. The summed E-state index contributed by atoms with van der Waals surface area (Å²) < 4.78 is 32.8. The van der Waals surface area contributed by atoms with Crippen molar-refractivity contribution < 1.29 is 22.7 Å². The Balaban J connectivity index is 1.46. The summed E-state index contributed by atoms with van der Waals surface area (Å²) in [5.41, 5.74) is 0.688. The number of carbonyl (C=O) groups excluding carboxylic acids is 2. The molecule has 0 N–H and O–H groups in total. The summed E-state index contributed by atoms with van der Waals surface area (Å²) in [6.45, 7) is 3.23. The first-order chi connectivity index (χ1) is 15.9. The molecule has 172 valence electrons. The van der Waals surface area contributed by atoms with E-state index in [4.69, 9.17) is 4.74 Å². The van der Waals surface area contributed by atoms with Gasteiger partial charge in [0.15, 0.2) is 0 Å². The Bertz CT molecular complexity index is 1230. The molecule has 1 aliphatic rings. The summed E-state index contributed by atoms with van der Waals surface area (Å²) in [5, 5.41) is 1.82. The molecule has 0 saturated carbocycles. The third-order valence-electron chi connectivity index (χ3n) is 5.45. The van der Waals surface area contributed by atoms with Crippen LogP contribution < -0.4 is 4.74 Å². The van der Waals surface area contributed by atoms with E-state index in [0.29, 0.717) is 28.4 Å². The molecule has 1 fully saturated rings. The van der Waals surface area contributed by atoms with Crippen molar-refractivity contribution in [3.05, 3.63) is 82.0 Å². The number of piperazine rings is 1. The van der Waals surface area contributed by atoms with Gasteiger partial charge < -0.3 is 9.64 Å². The number of ether oxygens (including phenoxy) is 1. The summed E-state index contributed by atoms with van der Waals surface area (Å²) in [5.74, 6) is 0.155. The normalized spacial score (nSPS) is 14.8. The predicted octanol–water partition coefficient (Wildman–Crippen LogP) is 3.52. The predicted molar refractivity (Wildman–Crippen MR) is 126 cm³/mol. The molecule has 33 heavy (non-hydrogen) atoms. The smallest absolute Gasteiger partial charge is 0.254 e. The monoisotopic (exact) mass is 484 g/mol. The maximum absolute atomic E-state index is 13.2. The van der Waals surface area contributed by atoms with Gasteiger partial charge in [0, 0.05) is 31.7 Å². The van der Waals surface area contributed by atoms with Gasteiger partial charge in [-0.3, -0.25) is 9.59 Å². The minimum atomic E-state index is -3.67. The Hall–Kier alpha value is -3.01. The second-order valence-corrected chi connectivity index (χ2v) is 10.3. The number of ketones is 1. The van der Waals surface area contributed by atoms with E-state index >= 15 is 0 Å². The molecular weight excluding hydrogens is 460 g/mol. The zero-order chi connectivity index (χ0) is 23.4. The molecule has 1 aromatic heterocycles. The van der Waals surface area contributed by atoms with Gasteiger partial charge in [-0.2, -0.15) is 4.31 Å². The summed E-state index contributed by atoms with van der Waals surface area (Å²) in [7, 11) is -3.67. The highest BCUT2D eigenvalue weighted by Crippen LogP contribution is 2.23. The number of benzene rings is 2. The second-order valence-electron chi connectivity index (χ2n) is 7.45. The molecule has 9 heteroatoms. The molecule has 1 amide bonds. The average Bonchev–Trinajstić information content (AvgIpc) is 3.39. The zero-order valence-corrected chi connectivity index (χ0v) is 19.8. The fraction of sp³-hybridized carbons (Fsp3) is 0.250. The van der Waals surface area contributed by atoms with Crippen LogP contribution in [-0.4, -0.2) is 62.1 Å². The molecular formula is C24H24N2O5S2. The fourth-order valence-electron chi connectivity index (χ4n) is 3.73. The van der Waals surface area contributed by atoms with Crippen LogP contribution in [0.2, 0.25) is 0 Å². The minimum Gasteiger partial charge on any atom is -0.494 e. The van der Waals surface area contributed by atoms with E-state index in [1.165, 1.54) is 27.8 Å². The lowest BCUT2D eigenvalue weighted by Crippen LogP contribution is -2.50. The third-order valence-corrected chi connectivity index (χ3v) is 8.23. The Morgan fingerprint density at radius 2 is 1.58 bits per heavy atom. The van der Waals surface area contributed by atoms with Crippen molar-refractivity contribution in [1.82, 2.24) is 9.21 Å².